The zero-order chi connectivity index (χ0) is 20.3. The summed E-state index contributed by atoms with van der Waals surface area (Å²) in [5.74, 6) is 1.96. The minimum atomic E-state index is 0.387. The van der Waals surface area contributed by atoms with Crippen LogP contribution in [0.4, 0.5) is 17.6 Å². The number of hydrogen-bond donors (Lipinski definition) is 1. The van der Waals surface area contributed by atoms with Crippen molar-refractivity contribution in [3.63, 3.8) is 0 Å². The third-order valence-corrected chi connectivity index (χ3v) is 4.33. The van der Waals surface area contributed by atoms with Crippen LogP contribution in [0.3, 0.4) is 0 Å². The average molecular weight is 399 g/mol. The second kappa shape index (κ2) is 8.26. The molecule has 3 rings (SSSR count). The molecule has 9 heteroatoms. The summed E-state index contributed by atoms with van der Waals surface area (Å²) in [6, 6.07) is 11.6. The quantitative estimate of drug-likeness (QED) is 0.507. The highest BCUT2D eigenvalue weighted by Crippen LogP contribution is 2.21. The summed E-state index contributed by atoms with van der Waals surface area (Å²) in [5.41, 5.74) is 5.54. The molecule has 2 aromatic heterocycles. The predicted molar refractivity (Wildman–Crippen MR) is 115 cm³/mol. The van der Waals surface area contributed by atoms with Gasteiger partial charge in [0.05, 0.1) is 23.2 Å². The molecule has 0 spiro atoms. The molecule has 3 aromatic rings. The molecule has 146 valence electrons. The molecule has 0 fully saturated rings. The molecule has 0 amide bonds. The second-order valence-corrected chi connectivity index (χ2v) is 6.97. The Balaban J connectivity index is 1.85. The number of para-hydroxylation sites is 1. The highest BCUT2D eigenvalue weighted by Gasteiger charge is 2.13. The van der Waals surface area contributed by atoms with Crippen molar-refractivity contribution in [1.82, 2.24) is 19.7 Å². The Morgan fingerprint density at radius 2 is 1.79 bits per heavy atom. The summed E-state index contributed by atoms with van der Waals surface area (Å²) in [7, 11) is 7.64. The van der Waals surface area contributed by atoms with Crippen LogP contribution in [0.5, 0.6) is 0 Å². The molecule has 2 heterocycles. The fourth-order valence-electron chi connectivity index (χ4n) is 2.52. The van der Waals surface area contributed by atoms with Gasteiger partial charge in [0.1, 0.15) is 5.82 Å². The van der Waals surface area contributed by atoms with Crippen molar-refractivity contribution in [2.75, 3.05) is 43.4 Å². The largest absolute Gasteiger partial charge is 0.363 e. The maximum Gasteiger partial charge on any atom is 0.228 e. The fraction of sp³-hybridized carbons (Fsp3) is 0.263. The normalized spacial score (nSPS) is 11.1. The molecule has 0 aliphatic heterocycles. The van der Waals surface area contributed by atoms with Gasteiger partial charge in [0.15, 0.2) is 11.0 Å². The summed E-state index contributed by atoms with van der Waals surface area (Å²) >= 11 is 6.33. The Morgan fingerprint density at radius 1 is 1.07 bits per heavy atom. The lowest BCUT2D eigenvalue weighted by Gasteiger charge is -2.16. The Bertz CT molecular complexity index is 953. The summed E-state index contributed by atoms with van der Waals surface area (Å²) in [4.78, 5) is 12.7. The van der Waals surface area contributed by atoms with Crippen molar-refractivity contribution in [2.24, 2.45) is 5.10 Å². The number of hydrazone groups is 1. The standard InChI is InChI=1S/C19H23ClN8/c1-13-15(18(20)25-28(13)14-9-7-6-8-10-14)12-21-24-16-11-17(26(2)3)23-19(22-16)27(4)5/h6-12H,1-5H3,(H,22,23,24)/b21-12-. The van der Waals surface area contributed by atoms with E-state index >= 15 is 0 Å². The van der Waals surface area contributed by atoms with Crippen molar-refractivity contribution in [3.05, 3.63) is 52.8 Å². The molecule has 0 aliphatic rings. The van der Waals surface area contributed by atoms with Gasteiger partial charge in [-0.15, -0.1) is 0 Å². The number of nitrogens with one attached hydrogen (secondary N) is 1. The molecule has 0 saturated carbocycles. The van der Waals surface area contributed by atoms with Gasteiger partial charge in [-0.3, -0.25) is 5.43 Å². The monoisotopic (exact) mass is 398 g/mol. The first kappa shape index (κ1) is 19.6. The van der Waals surface area contributed by atoms with Crippen LogP contribution in [0.1, 0.15) is 11.3 Å². The number of hydrogen-bond acceptors (Lipinski definition) is 7. The van der Waals surface area contributed by atoms with Gasteiger partial charge < -0.3 is 9.80 Å². The van der Waals surface area contributed by atoms with E-state index < -0.39 is 0 Å². The summed E-state index contributed by atoms with van der Waals surface area (Å²) in [6.45, 7) is 1.95. The van der Waals surface area contributed by atoms with Crippen LogP contribution < -0.4 is 15.2 Å². The molecule has 8 nitrogen and oxygen atoms in total. The Kier molecular flexibility index (Phi) is 5.79. The van der Waals surface area contributed by atoms with Crippen molar-refractivity contribution in [2.45, 2.75) is 6.92 Å². The predicted octanol–water partition coefficient (Wildman–Crippen LogP) is 3.20. The van der Waals surface area contributed by atoms with Crippen LogP contribution in [0, 0.1) is 6.92 Å². The maximum absolute atomic E-state index is 6.33. The maximum atomic E-state index is 6.33. The molecule has 0 atom stereocenters. The minimum absolute atomic E-state index is 0.387. The van der Waals surface area contributed by atoms with Crippen molar-refractivity contribution in [3.8, 4) is 5.69 Å². The van der Waals surface area contributed by atoms with E-state index in [1.807, 2.05) is 81.3 Å². The van der Waals surface area contributed by atoms with Gasteiger partial charge in [-0.25, -0.2) is 4.68 Å². The third-order valence-electron chi connectivity index (χ3n) is 4.05. The van der Waals surface area contributed by atoms with E-state index in [9.17, 15) is 0 Å². The number of rotatable bonds is 6. The minimum Gasteiger partial charge on any atom is -0.363 e. The molecule has 0 bridgehead atoms. The van der Waals surface area contributed by atoms with Gasteiger partial charge in [0.25, 0.3) is 0 Å². The molecule has 28 heavy (non-hydrogen) atoms. The van der Waals surface area contributed by atoms with E-state index in [0.29, 0.717) is 16.9 Å². The van der Waals surface area contributed by atoms with Gasteiger partial charge in [0.2, 0.25) is 5.95 Å². The SMILES string of the molecule is Cc1c(/C=N\Nc2cc(N(C)C)nc(N(C)C)n2)c(Cl)nn1-c1ccccc1. The summed E-state index contributed by atoms with van der Waals surface area (Å²) < 4.78 is 1.79. The van der Waals surface area contributed by atoms with Crippen LogP contribution in [0.25, 0.3) is 5.69 Å². The number of halogens is 1. The van der Waals surface area contributed by atoms with Crippen molar-refractivity contribution < 1.29 is 0 Å². The first-order valence-electron chi connectivity index (χ1n) is 8.70. The summed E-state index contributed by atoms with van der Waals surface area (Å²) in [6.07, 6.45) is 1.65. The smallest absolute Gasteiger partial charge is 0.228 e. The zero-order valence-corrected chi connectivity index (χ0v) is 17.3. The molecule has 0 aliphatic carbocycles. The van der Waals surface area contributed by atoms with Gasteiger partial charge in [0, 0.05) is 34.3 Å². The zero-order valence-electron chi connectivity index (χ0n) is 16.5. The van der Waals surface area contributed by atoms with Gasteiger partial charge in [-0.1, -0.05) is 29.8 Å². The first-order chi connectivity index (χ1) is 13.4. The van der Waals surface area contributed by atoms with Crippen LogP contribution in [0.2, 0.25) is 5.15 Å². The number of nitrogens with zero attached hydrogens (tertiary/aromatic N) is 7. The lowest BCUT2D eigenvalue weighted by molar-refractivity contribution is 0.847. The van der Waals surface area contributed by atoms with Crippen LogP contribution in [-0.2, 0) is 0 Å². The van der Waals surface area contributed by atoms with Crippen molar-refractivity contribution >= 4 is 35.4 Å². The van der Waals surface area contributed by atoms with E-state index in [2.05, 4.69) is 25.6 Å². The van der Waals surface area contributed by atoms with Gasteiger partial charge in [-0.05, 0) is 19.1 Å². The first-order valence-corrected chi connectivity index (χ1v) is 9.08. The third kappa shape index (κ3) is 4.23. The van der Waals surface area contributed by atoms with Crippen LogP contribution in [0.15, 0.2) is 41.5 Å². The Morgan fingerprint density at radius 3 is 2.43 bits per heavy atom. The topological polar surface area (TPSA) is 74.5 Å². The van der Waals surface area contributed by atoms with Crippen molar-refractivity contribution in [1.29, 1.82) is 0 Å². The average Bonchev–Trinajstić information content (AvgIpc) is 2.96. The van der Waals surface area contributed by atoms with Gasteiger partial charge >= 0.3 is 0 Å². The molecule has 0 saturated heterocycles. The molecule has 1 aromatic carbocycles. The fourth-order valence-corrected chi connectivity index (χ4v) is 2.78. The number of benzene rings is 1. The molecule has 0 unspecified atom stereocenters. The molecule has 1 N–H and O–H groups in total. The summed E-state index contributed by atoms with van der Waals surface area (Å²) in [5, 5.41) is 9.09. The number of aromatic nitrogens is 4. The molecular formula is C19H23ClN8. The highest BCUT2D eigenvalue weighted by atomic mass is 35.5. The lowest BCUT2D eigenvalue weighted by Crippen LogP contribution is -2.17. The van der Waals surface area contributed by atoms with E-state index in [1.54, 1.807) is 10.9 Å². The highest BCUT2D eigenvalue weighted by molar-refractivity contribution is 6.32. The Labute approximate surface area is 169 Å². The van der Waals surface area contributed by atoms with E-state index in [0.717, 1.165) is 22.8 Å². The van der Waals surface area contributed by atoms with E-state index in [4.69, 9.17) is 11.6 Å². The van der Waals surface area contributed by atoms with Crippen LogP contribution in [-0.4, -0.2) is 54.2 Å². The molecular weight excluding hydrogens is 376 g/mol. The molecule has 0 radical (unpaired) electrons. The Hall–Kier alpha value is -3.13. The lowest BCUT2D eigenvalue weighted by atomic mass is 10.2. The number of anilines is 3. The van der Waals surface area contributed by atoms with Gasteiger partial charge in [-0.2, -0.15) is 20.2 Å². The van der Waals surface area contributed by atoms with Crippen LogP contribution >= 0.6 is 11.6 Å². The second-order valence-electron chi connectivity index (χ2n) is 6.61. The van der Waals surface area contributed by atoms with E-state index in [1.165, 1.54) is 0 Å². The van der Waals surface area contributed by atoms with E-state index in [-0.39, 0.29) is 0 Å².